The van der Waals surface area contributed by atoms with Gasteiger partial charge in [0.25, 0.3) is 0 Å². The van der Waals surface area contributed by atoms with Crippen molar-refractivity contribution in [1.82, 2.24) is 0 Å². The monoisotopic (exact) mass is 240 g/mol. The fourth-order valence-electron chi connectivity index (χ4n) is 1.31. The Labute approximate surface area is 100.0 Å². The van der Waals surface area contributed by atoms with E-state index in [4.69, 9.17) is 10.5 Å². The summed E-state index contributed by atoms with van der Waals surface area (Å²) in [4.78, 5) is 11.5. The molecule has 0 aliphatic heterocycles. The first kappa shape index (κ1) is 13.4. The number of ether oxygens (including phenoxy) is 1. The lowest BCUT2D eigenvalue weighted by molar-refractivity contribution is -0.116. The number of halogens is 1. The Bertz CT molecular complexity index is 396. The lowest BCUT2D eigenvalue weighted by atomic mass is 10.1. The molecule has 1 aromatic rings. The van der Waals surface area contributed by atoms with Gasteiger partial charge in [-0.05, 0) is 18.6 Å². The minimum absolute atomic E-state index is 0.109. The molecule has 1 unspecified atom stereocenters. The number of nitrogens with two attached hydrogens (primary N) is 1. The van der Waals surface area contributed by atoms with E-state index in [0.717, 1.165) is 0 Å². The largest absolute Gasteiger partial charge is 0.497 e. The van der Waals surface area contributed by atoms with Crippen LogP contribution in [0.15, 0.2) is 18.2 Å². The fraction of sp³-hybridized carbons (Fsp3) is 0.417. The van der Waals surface area contributed by atoms with Gasteiger partial charge >= 0.3 is 0 Å². The predicted molar refractivity (Wildman–Crippen MR) is 64.5 cm³/mol. The highest BCUT2D eigenvalue weighted by atomic mass is 19.1. The first-order valence-corrected chi connectivity index (χ1v) is 5.45. The van der Waals surface area contributed by atoms with E-state index in [2.05, 4.69) is 5.32 Å². The summed E-state index contributed by atoms with van der Waals surface area (Å²) in [5, 5.41) is 2.48. The van der Waals surface area contributed by atoms with Crippen LogP contribution in [0.2, 0.25) is 0 Å². The molecular weight excluding hydrogens is 223 g/mol. The summed E-state index contributed by atoms with van der Waals surface area (Å²) in [6.45, 7) is 1.89. The molecule has 0 spiro atoms. The van der Waals surface area contributed by atoms with Crippen LogP contribution in [0.5, 0.6) is 5.75 Å². The Morgan fingerprint density at radius 2 is 2.29 bits per heavy atom. The molecule has 1 amide bonds. The summed E-state index contributed by atoms with van der Waals surface area (Å²) in [6.07, 6.45) is 0.876. The van der Waals surface area contributed by atoms with Gasteiger partial charge in [0.1, 0.15) is 11.6 Å². The quantitative estimate of drug-likeness (QED) is 0.826. The molecule has 1 aromatic carbocycles. The second-order valence-corrected chi connectivity index (χ2v) is 3.77. The number of amides is 1. The summed E-state index contributed by atoms with van der Waals surface area (Å²) >= 11 is 0. The number of hydrogen-bond acceptors (Lipinski definition) is 3. The van der Waals surface area contributed by atoms with Crippen LogP contribution in [0.4, 0.5) is 10.1 Å². The van der Waals surface area contributed by atoms with E-state index in [1.54, 1.807) is 0 Å². The highest BCUT2D eigenvalue weighted by Crippen LogP contribution is 2.21. The molecule has 5 heteroatoms. The molecule has 0 bridgehead atoms. The van der Waals surface area contributed by atoms with Gasteiger partial charge < -0.3 is 15.8 Å². The smallest absolute Gasteiger partial charge is 0.226 e. The van der Waals surface area contributed by atoms with E-state index in [9.17, 15) is 9.18 Å². The average Bonchev–Trinajstić information content (AvgIpc) is 2.31. The number of carbonyl (C=O) groups excluding carboxylic acids is 1. The second-order valence-electron chi connectivity index (χ2n) is 3.77. The fourth-order valence-corrected chi connectivity index (χ4v) is 1.31. The number of benzene rings is 1. The number of carbonyl (C=O) groups is 1. The molecular formula is C12H17FN2O2. The van der Waals surface area contributed by atoms with E-state index in [0.29, 0.717) is 12.2 Å². The van der Waals surface area contributed by atoms with Crippen molar-refractivity contribution >= 4 is 11.6 Å². The Balaban J connectivity index is 2.70. The van der Waals surface area contributed by atoms with Gasteiger partial charge in [0.05, 0.1) is 12.8 Å². The molecule has 0 radical (unpaired) electrons. The number of anilines is 1. The summed E-state index contributed by atoms with van der Waals surface area (Å²) in [5.41, 5.74) is 5.75. The van der Waals surface area contributed by atoms with Gasteiger partial charge in [-0.25, -0.2) is 4.39 Å². The van der Waals surface area contributed by atoms with Gasteiger partial charge in [-0.2, -0.15) is 0 Å². The van der Waals surface area contributed by atoms with Crippen molar-refractivity contribution in [2.75, 3.05) is 12.4 Å². The zero-order valence-electron chi connectivity index (χ0n) is 10.00. The summed E-state index contributed by atoms with van der Waals surface area (Å²) in [5.74, 6) is -0.308. The van der Waals surface area contributed by atoms with Crippen LogP contribution < -0.4 is 15.8 Å². The van der Waals surface area contributed by atoms with Crippen LogP contribution in [0.3, 0.4) is 0 Å². The summed E-state index contributed by atoms with van der Waals surface area (Å²) in [7, 11) is 1.48. The van der Waals surface area contributed by atoms with Crippen molar-refractivity contribution in [3.63, 3.8) is 0 Å². The van der Waals surface area contributed by atoms with Gasteiger partial charge in [0, 0.05) is 18.5 Å². The first-order valence-electron chi connectivity index (χ1n) is 5.45. The van der Waals surface area contributed by atoms with Crippen LogP contribution in [0, 0.1) is 5.82 Å². The number of hydrogen-bond donors (Lipinski definition) is 2. The van der Waals surface area contributed by atoms with E-state index >= 15 is 0 Å². The SMILES string of the molecule is CCC(N)CC(=O)Nc1cc(OC)ccc1F. The zero-order chi connectivity index (χ0) is 12.8. The van der Waals surface area contributed by atoms with E-state index < -0.39 is 5.82 Å². The van der Waals surface area contributed by atoms with Crippen LogP contribution in [-0.2, 0) is 4.79 Å². The molecule has 1 atom stereocenters. The van der Waals surface area contributed by atoms with Crippen molar-refractivity contribution in [3.8, 4) is 5.75 Å². The van der Waals surface area contributed by atoms with Crippen molar-refractivity contribution in [3.05, 3.63) is 24.0 Å². The molecule has 0 aliphatic rings. The lowest BCUT2D eigenvalue weighted by Gasteiger charge is -2.10. The van der Waals surface area contributed by atoms with Gasteiger partial charge in [0.2, 0.25) is 5.91 Å². The average molecular weight is 240 g/mol. The zero-order valence-corrected chi connectivity index (χ0v) is 10.00. The second kappa shape index (κ2) is 6.20. The molecule has 0 aliphatic carbocycles. The van der Waals surface area contributed by atoms with Crippen LogP contribution in [-0.4, -0.2) is 19.1 Å². The summed E-state index contributed by atoms with van der Waals surface area (Å²) in [6, 6.07) is 3.96. The standard InChI is InChI=1S/C12H17FN2O2/c1-3-8(14)6-12(16)15-11-7-9(17-2)4-5-10(11)13/h4-5,7-8H,3,6,14H2,1-2H3,(H,15,16). The molecule has 4 nitrogen and oxygen atoms in total. The Kier molecular flexibility index (Phi) is 4.90. The number of nitrogens with one attached hydrogen (secondary N) is 1. The number of rotatable bonds is 5. The van der Waals surface area contributed by atoms with Crippen molar-refractivity contribution in [2.24, 2.45) is 5.73 Å². The summed E-state index contributed by atoms with van der Waals surface area (Å²) < 4.78 is 18.3. The van der Waals surface area contributed by atoms with E-state index in [-0.39, 0.29) is 24.1 Å². The normalized spacial score (nSPS) is 12.0. The first-order chi connectivity index (χ1) is 8.06. The molecule has 1 rings (SSSR count). The van der Waals surface area contributed by atoms with Crippen LogP contribution in [0.25, 0.3) is 0 Å². The molecule has 3 N–H and O–H groups in total. The predicted octanol–water partition coefficient (Wildman–Crippen LogP) is 1.90. The molecule has 94 valence electrons. The lowest BCUT2D eigenvalue weighted by Crippen LogP contribution is -2.26. The molecule has 0 heterocycles. The maximum Gasteiger partial charge on any atom is 0.226 e. The Hall–Kier alpha value is -1.62. The topological polar surface area (TPSA) is 64.4 Å². The molecule has 0 saturated heterocycles. The minimum atomic E-state index is -0.496. The van der Waals surface area contributed by atoms with E-state index in [1.165, 1.54) is 25.3 Å². The Morgan fingerprint density at radius 1 is 1.59 bits per heavy atom. The molecule has 0 saturated carbocycles. The number of methoxy groups -OCH3 is 1. The van der Waals surface area contributed by atoms with Crippen molar-refractivity contribution < 1.29 is 13.9 Å². The van der Waals surface area contributed by atoms with Gasteiger partial charge in [0.15, 0.2) is 0 Å². The van der Waals surface area contributed by atoms with Crippen molar-refractivity contribution in [1.29, 1.82) is 0 Å². The molecule has 17 heavy (non-hydrogen) atoms. The maximum atomic E-state index is 13.4. The van der Waals surface area contributed by atoms with E-state index in [1.807, 2.05) is 6.92 Å². The highest BCUT2D eigenvalue weighted by Gasteiger charge is 2.11. The van der Waals surface area contributed by atoms with Gasteiger partial charge in [-0.1, -0.05) is 6.92 Å². The molecule has 0 aromatic heterocycles. The Morgan fingerprint density at radius 3 is 2.88 bits per heavy atom. The maximum absolute atomic E-state index is 13.4. The third kappa shape index (κ3) is 4.03. The highest BCUT2D eigenvalue weighted by molar-refractivity contribution is 5.91. The van der Waals surface area contributed by atoms with Crippen LogP contribution in [0.1, 0.15) is 19.8 Å². The van der Waals surface area contributed by atoms with Crippen molar-refractivity contribution in [2.45, 2.75) is 25.8 Å². The van der Waals surface area contributed by atoms with Gasteiger partial charge in [-0.3, -0.25) is 4.79 Å². The minimum Gasteiger partial charge on any atom is -0.497 e. The third-order valence-corrected chi connectivity index (χ3v) is 2.42. The third-order valence-electron chi connectivity index (χ3n) is 2.42. The van der Waals surface area contributed by atoms with Gasteiger partial charge in [-0.15, -0.1) is 0 Å². The van der Waals surface area contributed by atoms with Crippen LogP contribution >= 0.6 is 0 Å². The molecule has 0 fully saturated rings.